The monoisotopic (exact) mass is 373 g/mol. The summed E-state index contributed by atoms with van der Waals surface area (Å²) >= 11 is 5.85. The third-order valence-corrected chi connectivity index (χ3v) is 4.21. The summed E-state index contributed by atoms with van der Waals surface area (Å²) in [4.78, 5) is 16.8. The smallest absolute Gasteiger partial charge is 0.417 e. The topological polar surface area (TPSA) is 51.2 Å². The fourth-order valence-electron chi connectivity index (χ4n) is 2.55. The number of nitrogens with zero attached hydrogens (tertiary/aromatic N) is 1. The maximum atomic E-state index is 13.1. The van der Waals surface area contributed by atoms with Crippen molar-refractivity contribution in [2.75, 3.05) is 6.61 Å². The number of carbonyl (C=O) groups is 1. The van der Waals surface area contributed by atoms with Gasteiger partial charge in [0.05, 0.1) is 22.5 Å². The van der Waals surface area contributed by atoms with Crippen LogP contribution in [0.1, 0.15) is 39.6 Å². The molecule has 0 aliphatic carbocycles. The number of aromatic nitrogens is 1. The molecule has 25 heavy (non-hydrogen) atoms. The van der Waals surface area contributed by atoms with Crippen LogP contribution in [0.2, 0.25) is 5.02 Å². The van der Waals surface area contributed by atoms with Crippen LogP contribution in [0.5, 0.6) is 5.88 Å². The summed E-state index contributed by atoms with van der Waals surface area (Å²) in [6.07, 6.45) is -3.29. The summed E-state index contributed by atoms with van der Waals surface area (Å²) in [6.45, 7) is -2.89. The molecule has 1 aromatic carbocycles. The van der Waals surface area contributed by atoms with Crippen molar-refractivity contribution in [1.82, 2.24) is 10.3 Å². The van der Waals surface area contributed by atoms with Crippen LogP contribution in [-0.4, -0.2) is 17.5 Å². The van der Waals surface area contributed by atoms with Crippen molar-refractivity contribution in [1.29, 1.82) is 0 Å². The number of nitrogens with one attached hydrogen (secondary N) is 1. The third kappa shape index (κ3) is 3.42. The highest BCUT2D eigenvalue weighted by Gasteiger charge is 2.35. The number of alkyl halides is 3. The lowest BCUT2D eigenvalue weighted by Crippen LogP contribution is -2.33. The highest BCUT2D eigenvalue weighted by Crippen LogP contribution is 2.38. The Hall–Kier alpha value is -2.28. The first-order valence-electron chi connectivity index (χ1n) is 8.74. The van der Waals surface area contributed by atoms with Gasteiger partial charge in [-0.2, -0.15) is 13.2 Å². The van der Waals surface area contributed by atoms with Crippen molar-refractivity contribution < 1.29 is 26.8 Å². The van der Waals surface area contributed by atoms with Gasteiger partial charge in [0.1, 0.15) is 6.61 Å². The molecule has 0 fully saturated rings. The van der Waals surface area contributed by atoms with Gasteiger partial charge in [0.25, 0.3) is 0 Å². The Morgan fingerprint density at radius 1 is 1.44 bits per heavy atom. The number of fused-ring (bicyclic) bond motifs is 1. The van der Waals surface area contributed by atoms with E-state index in [1.165, 1.54) is 6.20 Å². The largest absolute Gasteiger partial charge is 0.475 e. The molecule has 1 amide bonds. The fourth-order valence-corrected chi connectivity index (χ4v) is 2.89. The van der Waals surface area contributed by atoms with Crippen molar-refractivity contribution in [3.05, 3.63) is 58.2 Å². The molecule has 0 radical (unpaired) electrons. The van der Waals surface area contributed by atoms with E-state index in [0.29, 0.717) is 11.4 Å². The Morgan fingerprint density at radius 3 is 2.96 bits per heavy atom. The van der Waals surface area contributed by atoms with Crippen molar-refractivity contribution in [3.63, 3.8) is 0 Å². The van der Waals surface area contributed by atoms with Crippen LogP contribution in [0, 0.1) is 0 Å². The first-order valence-corrected chi connectivity index (χ1v) is 7.61. The lowest BCUT2D eigenvalue weighted by molar-refractivity contribution is -0.137. The highest BCUT2D eigenvalue weighted by atomic mass is 35.5. The van der Waals surface area contributed by atoms with E-state index >= 15 is 0 Å². The molecule has 2 unspecified atom stereocenters. The molecule has 0 saturated heterocycles. The summed E-state index contributed by atoms with van der Waals surface area (Å²) in [5, 5.41) is 1.71. The maximum Gasteiger partial charge on any atom is 0.417 e. The second kappa shape index (κ2) is 6.55. The second-order valence-electron chi connectivity index (χ2n) is 5.41. The molecule has 3 rings (SSSR count). The molecule has 0 spiro atoms. The number of hydrogen-bond acceptors (Lipinski definition) is 3. The molecule has 1 N–H and O–H groups in total. The Kier molecular flexibility index (Phi) is 3.66. The predicted octanol–water partition coefficient (Wildman–Crippen LogP) is 4.11. The first-order chi connectivity index (χ1) is 13.0. The van der Waals surface area contributed by atoms with Crippen LogP contribution in [0.25, 0.3) is 0 Å². The lowest BCUT2D eigenvalue weighted by atomic mass is 9.97. The van der Waals surface area contributed by atoms with Gasteiger partial charge in [0.15, 0.2) is 0 Å². The van der Waals surface area contributed by atoms with Gasteiger partial charge in [-0.1, -0.05) is 23.7 Å². The number of carbonyl (C=O) groups excluding carboxylic acids is 1. The van der Waals surface area contributed by atoms with Crippen LogP contribution < -0.4 is 10.1 Å². The lowest BCUT2D eigenvalue weighted by Gasteiger charge is -2.19. The zero-order valence-corrected chi connectivity index (χ0v) is 13.4. The normalized spacial score (nSPS) is 19.8. The molecule has 4 nitrogen and oxygen atoms in total. The van der Waals surface area contributed by atoms with Crippen LogP contribution in [0.15, 0.2) is 36.5 Å². The number of hydrogen-bond donors (Lipinski definition) is 1. The quantitative estimate of drug-likeness (QED) is 0.881. The summed E-state index contributed by atoms with van der Waals surface area (Å²) in [5.74, 6) is -2.56. The zero-order chi connectivity index (χ0) is 20.7. The van der Waals surface area contributed by atoms with E-state index in [1.54, 1.807) is 12.1 Å². The second-order valence-corrected chi connectivity index (χ2v) is 5.79. The SMILES string of the molecule is [2H]C([2H])([2H])C(C(=O)NC1COc2ncccc21)c1cccc(C(F)(F)F)c1Cl. The number of halogens is 4. The van der Waals surface area contributed by atoms with Crippen LogP contribution >= 0.6 is 11.6 Å². The van der Waals surface area contributed by atoms with Gasteiger partial charge in [0.2, 0.25) is 11.8 Å². The van der Waals surface area contributed by atoms with Crippen molar-refractivity contribution in [3.8, 4) is 5.88 Å². The van der Waals surface area contributed by atoms with Crippen LogP contribution in [0.3, 0.4) is 0 Å². The predicted molar refractivity (Wildman–Crippen MR) is 85.5 cm³/mol. The van der Waals surface area contributed by atoms with Gasteiger partial charge >= 0.3 is 6.18 Å². The average Bonchev–Trinajstić information content (AvgIpc) is 2.97. The van der Waals surface area contributed by atoms with Crippen LogP contribution in [0.4, 0.5) is 13.2 Å². The third-order valence-electron chi connectivity index (χ3n) is 3.79. The zero-order valence-electron chi connectivity index (χ0n) is 15.6. The number of rotatable bonds is 3. The number of ether oxygens (including phenoxy) is 1. The standard InChI is InChI=1S/C17H14ClF3N2O2/c1-9(10-4-2-6-12(14(10)18)17(19,20)21)15(24)23-13-8-25-16-11(13)5-3-7-22-16/h2-7,9,13H,8H2,1H3,(H,23,24)/i1D3. The first kappa shape index (κ1) is 13.9. The molecule has 1 aromatic heterocycles. The Labute approximate surface area is 151 Å². The molecule has 2 heterocycles. The maximum absolute atomic E-state index is 13.1. The highest BCUT2D eigenvalue weighted by molar-refractivity contribution is 6.32. The number of benzene rings is 1. The molecular formula is C17H14ClF3N2O2. The van der Waals surface area contributed by atoms with Crippen molar-refractivity contribution >= 4 is 17.5 Å². The summed E-state index contributed by atoms with van der Waals surface area (Å²) in [6, 6.07) is 5.46. The molecule has 2 aromatic rings. The van der Waals surface area contributed by atoms with Gasteiger partial charge in [0, 0.05) is 15.9 Å². The van der Waals surface area contributed by atoms with E-state index < -0.39 is 47.0 Å². The molecule has 1 aliphatic rings. The van der Waals surface area contributed by atoms with Gasteiger partial charge in [-0.05, 0) is 30.6 Å². The molecule has 0 saturated carbocycles. The van der Waals surface area contributed by atoms with Crippen molar-refractivity contribution in [2.45, 2.75) is 25.0 Å². The molecule has 8 heteroatoms. The molecular weight excluding hydrogens is 357 g/mol. The van der Waals surface area contributed by atoms with Crippen molar-refractivity contribution in [2.24, 2.45) is 0 Å². The van der Waals surface area contributed by atoms with E-state index in [4.69, 9.17) is 20.5 Å². The minimum Gasteiger partial charge on any atom is -0.475 e. The van der Waals surface area contributed by atoms with Gasteiger partial charge < -0.3 is 10.1 Å². The molecule has 0 bridgehead atoms. The molecule has 1 aliphatic heterocycles. The van der Waals surface area contributed by atoms with E-state index in [9.17, 15) is 18.0 Å². The van der Waals surface area contributed by atoms with Crippen LogP contribution in [-0.2, 0) is 11.0 Å². The van der Waals surface area contributed by atoms with Gasteiger partial charge in [-0.25, -0.2) is 4.98 Å². The van der Waals surface area contributed by atoms with Gasteiger partial charge in [-0.3, -0.25) is 4.79 Å². The average molecular weight is 374 g/mol. The Bertz CT molecular complexity index is 906. The summed E-state index contributed by atoms with van der Waals surface area (Å²) in [5.41, 5.74) is -1.07. The Balaban J connectivity index is 1.96. The minimum atomic E-state index is -4.78. The fraction of sp³-hybridized carbons (Fsp3) is 0.294. The molecule has 132 valence electrons. The molecule has 2 atom stereocenters. The minimum absolute atomic E-state index is 0.0299. The van der Waals surface area contributed by atoms with E-state index in [0.717, 1.165) is 18.2 Å². The summed E-state index contributed by atoms with van der Waals surface area (Å²) in [7, 11) is 0. The van der Waals surface area contributed by atoms with E-state index in [2.05, 4.69) is 10.3 Å². The Morgan fingerprint density at radius 2 is 2.24 bits per heavy atom. The number of pyridine rings is 1. The number of amides is 1. The van der Waals surface area contributed by atoms with Gasteiger partial charge in [-0.15, -0.1) is 0 Å². The summed E-state index contributed by atoms with van der Waals surface area (Å²) < 4.78 is 67.8. The van der Waals surface area contributed by atoms with E-state index in [1.807, 2.05) is 0 Å². The van der Waals surface area contributed by atoms with E-state index in [-0.39, 0.29) is 6.61 Å².